The van der Waals surface area contributed by atoms with Crippen LogP contribution >= 0.6 is 15.9 Å². The van der Waals surface area contributed by atoms with E-state index in [1.165, 1.54) is 0 Å². The third-order valence-electron chi connectivity index (χ3n) is 3.10. The quantitative estimate of drug-likeness (QED) is 0.747. The number of ether oxygens (including phenoxy) is 2. The first-order valence-corrected chi connectivity index (χ1v) is 6.31. The summed E-state index contributed by atoms with van der Waals surface area (Å²) in [5.41, 5.74) is 2.80. The maximum absolute atomic E-state index is 11.8. The van der Waals surface area contributed by atoms with E-state index in [1.807, 2.05) is 24.3 Å². The van der Waals surface area contributed by atoms with Gasteiger partial charge in [-0.3, -0.25) is 0 Å². The molecule has 3 rings (SSSR count). The third-order valence-corrected chi connectivity index (χ3v) is 3.63. The van der Waals surface area contributed by atoms with Crippen molar-refractivity contribution in [1.82, 2.24) is 0 Å². The lowest BCUT2D eigenvalue weighted by molar-refractivity contribution is -0.140. The third kappa shape index (κ3) is 1.91. The van der Waals surface area contributed by atoms with E-state index in [9.17, 15) is 4.79 Å². The van der Waals surface area contributed by atoms with Crippen molar-refractivity contribution in [3.63, 3.8) is 0 Å². The van der Waals surface area contributed by atoms with Crippen LogP contribution in [0.15, 0.2) is 39.9 Å². The molecular formula is C13H11BrO3. The fraction of sp³-hybridized carbons (Fsp3) is 0.308. The summed E-state index contributed by atoms with van der Waals surface area (Å²) >= 11 is 3.39. The molecule has 17 heavy (non-hydrogen) atoms. The number of halogens is 1. The first kappa shape index (κ1) is 11.0. The Bertz CT molecular complexity index is 490. The number of benzene rings is 1. The van der Waals surface area contributed by atoms with Gasteiger partial charge < -0.3 is 9.47 Å². The molecule has 1 unspecified atom stereocenters. The molecule has 88 valence electrons. The lowest BCUT2D eigenvalue weighted by atomic mass is 9.97. The Morgan fingerprint density at radius 2 is 2.00 bits per heavy atom. The lowest BCUT2D eigenvalue weighted by Gasteiger charge is -2.17. The second kappa shape index (κ2) is 4.27. The molecule has 0 aliphatic carbocycles. The first-order valence-electron chi connectivity index (χ1n) is 5.52. The molecule has 0 aromatic heterocycles. The topological polar surface area (TPSA) is 35.5 Å². The molecular weight excluding hydrogens is 284 g/mol. The zero-order chi connectivity index (χ0) is 11.8. The Balaban J connectivity index is 1.97. The van der Waals surface area contributed by atoms with E-state index in [0.29, 0.717) is 18.8 Å². The molecule has 1 atom stereocenters. The second-order valence-corrected chi connectivity index (χ2v) is 5.06. The molecule has 0 bridgehead atoms. The van der Waals surface area contributed by atoms with Gasteiger partial charge >= 0.3 is 5.97 Å². The summed E-state index contributed by atoms with van der Waals surface area (Å²) in [4.78, 5) is 11.8. The van der Waals surface area contributed by atoms with Crippen molar-refractivity contribution in [3.8, 4) is 0 Å². The molecule has 0 saturated carbocycles. The van der Waals surface area contributed by atoms with Crippen molar-refractivity contribution < 1.29 is 14.3 Å². The van der Waals surface area contributed by atoms with Gasteiger partial charge in [0.15, 0.2) is 0 Å². The lowest BCUT2D eigenvalue weighted by Crippen LogP contribution is -2.18. The number of cyclic esters (lactones) is 1. The second-order valence-electron chi connectivity index (χ2n) is 4.15. The van der Waals surface area contributed by atoms with Crippen LogP contribution in [-0.4, -0.2) is 19.2 Å². The Morgan fingerprint density at radius 1 is 1.24 bits per heavy atom. The number of hydrogen-bond donors (Lipinski definition) is 0. The molecule has 0 radical (unpaired) electrons. The van der Waals surface area contributed by atoms with Crippen LogP contribution in [0.5, 0.6) is 0 Å². The zero-order valence-corrected chi connectivity index (χ0v) is 10.7. The largest absolute Gasteiger partial charge is 0.462 e. The maximum Gasteiger partial charge on any atom is 0.337 e. The summed E-state index contributed by atoms with van der Waals surface area (Å²) in [6.07, 6.45) is 0.541. The number of esters is 1. The van der Waals surface area contributed by atoms with Gasteiger partial charge in [0, 0.05) is 10.9 Å². The number of rotatable bonds is 1. The molecule has 0 saturated heterocycles. The predicted octanol–water partition coefficient (Wildman–Crippen LogP) is 2.76. The Labute approximate surface area is 108 Å². The van der Waals surface area contributed by atoms with E-state index in [4.69, 9.17) is 9.47 Å². The van der Waals surface area contributed by atoms with Gasteiger partial charge in [-0.25, -0.2) is 4.79 Å². The van der Waals surface area contributed by atoms with E-state index in [1.54, 1.807) is 0 Å². The molecule has 0 N–H and O–H groups in total. The molecule has 1 aromatic carbocycles. The number of carbonyl (C=O) groups is 1. The van der Waals surface area contributed by atoms with Crippen molar-refractivity contribution in [2.45, 2.75) is 12.5 Å². The van der Waals surface area contributed by atoms with Gasteiger partial charge in [-0.2, -0.15) is 0 Å². The zero-order valence-electron chi connectivity index (χ0n) is 9.11. The van der Waals surface area contributed by atoms with Crippen LogP contribution < -0.4 is 0 Å². The monoisotopic (exact) mass is 294 g/mol. The molecule has 1 aromatic rings. The van der Waals surface area contributed by atoms with Crippen molar-refractivity contribution in [1.29, 1.82) is 0 Å². The van der Waals surface area contributed by atoms with Crippen LogP contribution in [0.3, 0.4) is 0 Å². The molecule has 0 spiro atoms. The summed E-state index contributed by atoms with van der Waals surface area (Å²) in [5, 5.41) is 0. The fourth-order valence-electron chi connectivity index (χ4n) is 2.23. The van der Waals surface area contributed by atoms with E-state index < -0.39 is 0 Å². The fourth-order valence-corrected chi connectivity index (χ4v) is 2.50. The Kier molecular flexibility index (Phi) is 2.76. The molecule has 2 heterocycles. The molecule has 0 fully saturated rings. The van der Waals surface area contributed by atoms with Gasteiger partial charge in [0.1, 0.15) is 6.10 Å². The van der Waals surface area contributed by atoms with Gasteiger partial charge in [0.25, 0.3) is 0 Å². The van der Waals surface area contributed by atoms with E-state index >= 15 is 0 Å². The van der Waals surface area contributed by atoms with Crippen LogP contribution in [0.2, 0.25) is 0 Å². The Morgan fingerprint density at radius 3 is 2.76 bits per heavy atom. The summed E-state index contributed by atoms with van der Waals surface area (Å²) < 4.78 is 11.8. The number of hydrogen-bond acceptors (Lipinski definition) is 3. The van der Waals surface area contributed by atoms with E-state index in [0.717, 1.165) is 22.0 Å². The molecule has 0 amide bonds. The Hall–Kier alpha value is -1.13. The van der Waals surface area contributed by atoms with Crippen LogP contribution in [0.1, 0.15) is 18.1 Å². The minimum absolute atomic E-state index is 0.225. The average Bonchev–Trinajstić information content (AvgIpc) is 2.75. The minimum atomic E-state index is -0.258. The standard InChI is InChI=1S/C13H11BrO3/c14-10-3-1-8(2-4-10)12-11-9(7-17-12)5-6-16-13(11)15/h1-4,12H,5-7H2. The molecule has 3 nitrogen and oxygen atoms in total. The summed E-state index contributed by atoms with van der Waals surface area (Å²) in [5.74, 6) is -0.225. The molecule has 2 aliphatic rings. The highest BCUT2D eigenvalue weighted by molar-refractivity contribution is 9.10. The van der Waals surface area contributed by atoms with Crippen molar-refractivity contribution in [3.05, 3.63) is 45.4 Å². The minimum Gasteiger partial charge on any atom is -0.462 e. The maximum atomic E-state index is 11.8. The first-order chi connectivity index (χ1) is 8.25. The van der Waals surface area contributed by atoms with Crippen LogP contribution in [0.25, 0.3) is 0 Å². The number of carbonyl (C=O) groups excluding carboxylic acids is 1. The van der Waals surface area contributed by atoms with Crippen molar-refractivity contribution in [2.24, 2.45) is 0 Å². The highest BCUT2D eigenvalue weighted by atomic mass is 79.9. The van der Waals surface area contributed by atoms with Crippen LogP contribution in [0, 0.1) is 0 Å². The predicted molar refractivity (Wildman–Crippen MR) is 65.4 cm³/mol. The van der Waals surface area contributed by atoms with E-state index in [-0.39, 0.29) is 12.1 Å². The highest BCUT2D eigenvalue weighted by Crippen LogP contribution is 2.38. The van der Waals surface area contributed by atoms with E-state index in [2.05, 4.69) is 15.9 Å². The highest BCUT2D eigenvalue weighted by Gasteiger charge is 2.35. The average molecular weight is 295 g/mol. The van der Waals surface area contributed by atoms with Gasteiger partial charge in [-0.1, -0.05) is 28.1 Å². The molecule has 4 heteroatoms. The normalized spacial score (nSPS) is 23.6. The van der Waals surface area contributed by atoms with Crippen LogP contribution in [-0.2, 0) is 14.3 Å². The van der Waals surface area contributed by atoms with Gasteiger partial charge in [0.2, 0.25) is 0 Å². The SMILES string of the molecule is O=C1OCCC2=C1C(c1ccc(Br)cc1)OC2. The van der Waals surface area contributed by atoms with Gasteiger partial charge in [-0.15, -0.1) is 0 Å². The smallest absolute Gasteiger partial charge is 0.337 e. The summed E-state index contributed by atoms with van der Waals surface area (Å²) in [6.45, 7) is 1.03. The van der Waals surface area contributed by atoms with Crippen LogP contribution in [0.4, 0.5) is 0 Å². The van der Waals surface area contributed by atoms with Crippen molar-refractivity contribution >= 4 is 21.9 Å². The molecule has 2 aliphatic heterocycles. The van der Waals surface area contributed by atoms with Crippen molar-refractivity contribution in [2.75, 3.05) is 13.2 Å². The summed E-state index contributed by atoms with van der Waals surface area (Å²) in [6, 6.07) is 7.83. The van der Waals surface area contributed by atoms with Gasteiger partial charge in [-0.05, 0) is 23.3 Å². The summed E-state index contributed by atoms with van der Waals surface area (Å²) in [7, 11) is 0. The van der Waals surface area contributed by atoms with Gasteiger partial charge in [0.05, 0.1) is 18.8 Å².